The van der Waals surface area contributed by atoms with Gasteiger partial charge < -0.3 is 15.4 Å². The van der Waals surface area contributed by atoms with Crippen molar-refractivity contribution in [3.05, 3.63) is 70.9 Å². The molecule has 1 heterocycles. The summed E-state index contributed by atoms with van der Waals surface area (Å²) in [6, 6.07) is 15.2. The number of urea groups is 1. The number of aryl methyl sites for hydroxylation is 1. The molecule has 0 radical (unpaired) electrons. The predicted octanol–water partition coefficient (Wildman–Crippen LogP) is 4.45. The van der Waals surface area contributed by atoms with Crippen LogP contribution in [0.25, 0.3) is 10.9 Å². The lowest BCUT2D eigenvalue weighted by molar-refractivity contribution is -0.146. The maximum atomic E-state index is 12.2. The van der Waals surface area contributed by atoms with Crippen molar-refractivity contribution < 1.29 is 14.3 Å². The lowest BCUT2D eigenvalue weighted by Crippen LogP contribution is -2.41. The number of esters is 1. The molecule has 0 aliphatic rings. The zero-order valence-corrected chi connectivity index (χ0v) is 16.3. The van der Waals surface area contributed by atoms with Gasteiger partial charge in [0.15, 0.2) is 0 Å². The Labute approximate surface area is 167 Å². The number of halogens is 1. The van der Waals surface area contributed by atoms with E-state index in [0.717, 1.165) is 16.5 Å². The van der Waals surface area contributed by atoms with Crippen LogP contribution in [0.4, 0.5) is 10.5 Å². The van der Waals surface area contributed by atoms with Crippen LogP contribution >= 0.6 is 11.6 Å². The summed E-state index contributed by atoms with van der Waals surface area (Å²) < 4.78 is 5.30. The van der Waals surface area contributed by atoms with Gasteiger partial charge in [0.2, 0.25) is 0 Å². The summed E-state index contributed by atoms with van der Waals surface area (Å²) in [6.07, 6.45) is 0. The van der Waals surface area contributed by atoms with E-state index in [2.05, 4.69) is 15.6 Å². The fourth-order valence-electron chi connectivity index (χ4n) is 2.72. The summed E-state index contributed by atoms with van der Waals surface area (Å²) in [5.41, 5.74) is 2.77. The summed E-state index contributed by atoms with van der Waals surface area (Å²) >= 11 is 6.38. The molecule has 6 nitrogen and oxygen atoms in total. The number of nitrogens with one attached hydrogen (secondary N) is 2. The number of hydrogen-bond acceptors (Lipinski definition) is 4. The number of benzene rings is 2. The summed E-state index contributed by atoms with van der Waals surface area (Å²) in [5, 5.41) is 6.61. The Balaban J connectivity index is 1.60. The van der Waals surface area contributed by atoms with Crippen LogP contribution in [0.1, 0.15) is 18.2 Å². The number of hydrogen-bond donors (Lipinski definition) is 2. The van der Waals surface area contributed by atoms with Crippen molar-refractivity contribution in [1.29, 1.82) is 0 Å². The summed E-state index contributed by atoms with van der Waals surface area (Å²) in [5.74, 6) is -0.577. The second-order valence-electron chi connectivity index (χ2n) is 6.31. The number of fused-ring (bicyclic) bond motifs is 1. The molecule has 0 aliphatic carbocycles. The number of carbonyl (C=O) groups excluding carboxylic acids is 2. The minimum absolute atomic E-state index is 0.0737. The minimum Gasteiger partial charge on any atom is -0.458 e. The van der Waals surface area contributed by atoms with Gasteiger partial charge in [-0.1, -0.05) is 48.0 Å². The van der Waals surface area contributed by atoms with Crippen molar-refractivity contribution in [2.75, 3.05) is 5.32 Å². The second kappa shape index (κ2) is 8.71. The van der Waals surface area contributed by atoms with Gasteiger partial charge in [0.05, 0.1) is 16.2 Å². The highest BCUT2D eigenvalue weighted by Gasteiger charge is 2.19. The molecule has 3 aromatic rings. The summed E-state index contributed by atoms with van der Waals surface area (Å²) in [4.78, 5) is 28.7. The van der Waals surface area contributed by atoms with Gasteiger partial charge in [0, 0.05) is 11.1 Å². The van der Waals surface area contributed by atoms with Gasteiger partial charge in [-0.2, -0.15) is 0 Å². The van der Waals surface area contributed by atoms with Crippen LogP contribution in [0, 0.1) is 6.92 Å². The molecule has 0 unspecified atom stereocenters. The molecular formula is C21H20ClN3O3. The molecular weight excluding hydrogens is 378 g/mol. The van der Waals surface area contributed by atoms with Crippen molar-refractivity contribution in [3.63, 3.8) is 0 Å². The van der Waals surface area contributed by atoms with Crippen molar-refractivity contribution >= 4 is 40.2 Å². The predicted molar refractivity (Wildman–Crippen MR) is 109 cm³/mol. The monoisotopic (exact) mass is 397 g/mol. The normalized spacial score (nSPS) is 11.7. The third-order valence-corrected chi connectivity index (χ3v) is 4.73. The minimum atomic E-state index is -0.830. The molecule has 0 saturated carbocycles. The maximum Gasteiger partial charge on any atom is 0.328 e. The van der Waals surface area contributed by atoms with E-state index < -0.39 is 18.0 Å². The van der Waals surface area contributed by atoms with Gasteiger partial charge in [0.1, 0.15) is 12.6 Å². The number of para-hydroxylation sites is 2. The van der Waals surface area contributed by atoms with Crippen LogP contribution in [-0.4, -0.2) is 23.0 Å². The van der Waals surface area contributed by atoms with Crippen LogP contribution in [-0.2, 0) is 16.1 Å². The van der Waals surface area contributed by atoms with Gasteiger partial charge >= 0.3 is 12.0 Å². The van der Waals surface area contributed by atoms with Gasteiger partial charge in [-0.3, -0.25) is 0 Å². The highest BCUT2D eigenvalue weighted by molar-refractivity contribution is 6.32. The molecule has 7 heteroatoms. The Morgan fingerprint density at radius 1 is 1.11 bits per heavy atom. The number of anilines is 1. The number of carbonyl (C=O) groups is 2. The quantitative estimate of drug-likeness (QED) is 0.623. The molecule has 0 bridgehead atoms. The van der Waals surface area contributed by atoms with Gasteiger partial charge in [-0.05, 0) is 37.6 Å². The lowest BCUT2D eigenvalue weighted by Gasteiger charge is -2.15. The molecule has 144 valence electrons. The second-order valence-corrected chi connectivity index (χ2v) is 6.69. The Morgan fingerprint density at radius 3 is 2.54 bits per heavy atom. The number of nitrogens with zero attached hydrogens (tertiary/aromatic N) is 1. The van der Waals surface area contributed by atoms with Gasteiger partial charge in [-0.15, -0.1) is 0 Å². The number of ether oxygens (including phenoxy) is 1. The van der Waals surface area contributed by atoms with Crippen LogP contribution < -0.4 is 10.6 Å². The van der Waals surface area contributed by atoms with Gasteiger partial charge in [0.25, 0.3) is 0 Å². The first-order valence-corrected chi connectivity index (χ1v) is 9.16. The average molecular weight is 398 g/mol. The van der Waals surface area contributed by atoms with Crippen molar-refractivity contribution in [3.8, 4) is 0 Å². The Kier molecular flexibility index (Phi) is 6.11. The molecule has 0 fully saturated rings. The number of pyridine rings is 1. The molecule has 2 N–H and O–H groups in total. The fraction of sp³-hybridized carbons (Fsp3) is 0.190. The largest absolute Gasteiger partial charge is 0.458 e. The lowest BCUT2D eigenvalue weighted by atomic mass is 10.1. The summed E-state index contributed by atoms with van der Waals surface area (Å²) in [6.45, 7) is 3.37. The molecule has 1 atom stereocenters. The smallest absolute Gasteiger partial charge is 0.328 e. The molecule has 0 aliphatic heterocycles. The van der Waals surface area contributed by atoms with Crippen LogP contribution in [0.15, 0.2) is 54.6 Å². The van der Waals surface area contributed by atoms with Crippen molar-refractivity contribution in [2.45, 2.75) is 26.5 Å². The molecule has 3 rings (SSSR count). The molecule has 2 aromatic carbocycles. The van der Waals surface area contributed by atoms with E-state index in [1.807, 2.05) is 37.3 Å². The van der Waals surface area contributed by atoms with Crippen molar-refractivity contribution in [2.24, 2.45) is 0 Å². The first kappa shape index (κ1) is 19.6. The van der Waals surface area contributed by atoms with Crippen LogP contribution in [0.5, 0.6) is 0 Å². The molecule has 0 spiro atoms. The van der Waals surface area contributed by atoms with Crippen LogP contribution in [0.3, 0.4) is 0 Å². The van der Waals surface area contributed by atoms with E-state index in [0.29, 0.717) is 16.4 Å². The number of amides is 2. The average Bonchev–Trinajstić information content (AvgIpc) is 2.70. The number of aromatic nitrogens is 1. The fourth-order valence-corrected chi connectivity index (χ4v) is 2.92. The highest BCUT2D eigenvalue weighted by Crippen LogP contribution is 2.27. The number of rotatable bonds is 5. The summed E-state index contributed by atoms with van der Waals surface area (Å²) in [7, 11) is 0. The first-order valence-electron chi connectivity index (χ1n) is 8.78. The molecule has 28 heavy (non-hydrogen) atoms. The third-order valence-electron chi connectivity index (χ3n) is 4.23. The Hall–Kier alpha value is -3.12. The maximum absolute atomic E-state index is 12.2. The van der Waals surface area contributed by atoms with E-state index in [1.165, 1.54) is 0 Å². The van der Waals surface area contributed by atoms with Crippen LogP contribution in [0.2, 0.25) is 5.02 Å². The standard InChI is InChI=1S/C21H20ClN3O3/c1-13-16-10-6-7-11-17(16)25-18(19(13)22)12-28-20(26)14(2)23-21(27)24-15-8-4-3-5-9-15/h3-11,14H,12H2,1-2H3,(H2,23,24,27)/t14-/m0/s1. The van der Waals surface area contributed by atoms with Gasteiger partial charge in [-0.25, -0.2) is 14.6 Å². The molecule has 1 aromatic heterocycles. The SMILES string of the molecule is Cc1c(Cl)c(COC(=O)[C@H](C)NC(=O)Nc2ccccc2)nc2ccccc12. The zero-order valence-electron chi connectivity index (χ0n) is 15.5. The van der Waals surface area contributed by atoms with E-state index in [-0.39, 0.29) is 6.61 Å². The first-order chi connectivity index (χ1) is 13.5. The topological polar surface area (TPSA) is 80.3 Å². The Bertz CT molecular complexity index is 1010. The highest BCUT2D eigenvalue weighted by atomic mass is 35.5. The van der Waals surface area contributed by atoms with E-state index in [9.17, 15) is 9.59 Å². The molecule has 2 amide bonds. The van der Waals surface area contributed by atoms with E-state index in [1.54, 1.807) is 31.2 Å². The molecule has 0 saturated heterocycles. The van der Waals surface area contributed by atoms with E-state index >= 15 is 0 Å². The Morgan fingerprint density at radius 2 is 1.79 bits per heavy atom. The third kappa shape index (κ3) is 4.58. The van der Waals surface area contributed by atoms with E-state index in [4.69, 9.17) is 16.3 Å². The zero-order chi connectivity index (χ0) is 20.1. The van der Waals surface area contributed by atoms with Crippen molar-refractivity contribution in [1.82, 2.24) is 10.3 Å².